The average Bonchev–Trinajstić information content (AvgIpc) is 3.28. The first-order chi connectivity index (χ1) is 15.6. The number of urea groups is 1. The molecule has 0 aromatic heterocycles. The van der Waals surface area contributed by atoms with Crippen LogP contribution in [0, 0.1) is 28.6 Å². The number of amides is 3. The van der Waals surface area contributed by atoms with E-state index in [1.165, 1.54) is 49.8 Å². The number of hydrogen-bond donors (Lipinski definition) is 1. The van der Waals surface area contributed by atoms with Gasteiger partial charge in [0.25, 0.3) is 5.91 Å². The van der Waals surface area contributed by atoms with Crippen molar-refractivity contribution in [2.75, 3.05) is 20.1 Å². The molecule has 0 aromatic carbocycles. The Hall–Kier alpha value is -1.43. The van der Waals surface area contributed by atoms with E-state index in [9.17, 15) is 14.4 Å². The van der Waals surface area contributed by atoms with Gasteiger partial charge < -0.3 is 10.2 Å². The van der Waals surface area contributed by atoms with Crippen molar-refractivity contribution in [1.29, 1.82) is 0 Å². The maximum atomic E-state index is 13.7. The Morgan fingerprint density at radius 1 is 1.00 bits per heavy atom. The molecule has 2 bridgehead atoms. The summed E-state index contributed by atoms with van der Waals surface area (Å²) in [5.74, 6) is 1.22. The summed E-state index contributed by atoms with van der Waals surface area (Å²) in [6, 6.07) is -0.531. The SMILES string of the molecule is CN1C(=O)N(CC(=O)C2CC3(CCCCCCC3)CN2)C(=O)C1(C)[C@H]1CC[C@H]2C[C@@H]1C2(C)C. The molecule has 0 radical (unpaired) electrons. The second-order valence-electron chi connectivity index (χ2n) is 12.8. The summed E-state index contributed by atoms with van der Waals surface area (Å²) in [5, 5.41) is 3.48. The van der Waals surface area contributed by atoms with Crippen LogP contribution in [0.4, 0.5) is 4.79 Å². The number of fused-ring (bicyclic) bond motifs is 2. The minimum absolute atomic E-state index is 0.000895. The van der Waals surface area contributed by atoms with Gasteiger partial charge in [0.05, 0.1) is 12.6 Å². The van der Waals surface area contributed by atoms with E-state index in [1.807, 2.05) is 6.92 Å². The summed E-state index contributed by atoms with van der Waals surface area (Å²) >= 11 is 0. The molecule has 0 aromatic rings. The molecule has 6 rings (SSSR count). The maximum Gasteiger partial charge on any atom is 0.327 e. The Morgan fingerprint density at radius 3 is 2.30 bits per heavy atom. The van der Waals surface area contributed by atoms with Gasteiger partial charge in [-0.25, -0.2) is 4.79 Å². The molecule has 2 aliphatic heterocycles. The van der Waals surface area contributed by atoms with Gasteiger partial charge in [-0.05, 0) is 74.0 Å². The minimum atomic E-state index is -0.839. The van der Waals surface area contributed by atoms with E-state index in [0.717, 1.165) is 38.1 Å². The Bertz CT molecular complexity index is 828. The van der Waals surface area contributed by atoms with Crippen molar-refractivity contribution in [2.24, 2.45) is 28.6 Å². The van der Waals surface area contributed by atoms with Crippen LogP contribution in [-0.2, 0) is 9.59 Å². The number of likely N-dealkylation sites (N-methyl/N-ethyl adjacent to an activating group) is 1. The molecule has 1 spiro atoms. The zero-order valence-electron chi connectivity index (χ0n) is 21.1. The number of imide groups is 1. The average molecular weight is 458 g/mol. The topological polar surface area (TPSA) is 69.7 Å². The molecule has 6 heteroatoms. The Morgan fingerprint density at radius 2 is 1.67 bits per heavy atom. The number of rotatable bonds is 4. The van der Waals surface area contributed by atoms with Crippen molar-refractivity contribution in [3.63, 3.8) is 0 Å². The van der Waals surface area contributed by atoms with Crippen LogP contribution in [0.25, 0.3) is 0 Å². The third-order valence-electron chi connectivity index (χ3n) is 11.0. The Labute approximate surface area is 199 Å². The van der Waals surface area contributed by atoms with Crippen LogP contribution in [0.2, 0.25) is 0 Å². The fourth-order valence-corrected chi connectivity index (χ4v) is 8.36. The van der Waals surface area contributed by atoms with Crippen molar-refractivity contribution < 1.29 is 14.4 Å². The van der Waals surface area contributed by atoms with Crippen molar-refractivity contribution in [3.05, 3.63) is 0 Å². The molecule has 33 heavy (non-hydrogen) atoms. The zero-order chi connectivity index (χ0) is 23.6. The summed E-state index contributed by atoms with van der Waals surface area (Å²) in [4.78, 5) is 43.2. The van der Waals surface area contributed by atoms with Crippen molar-refractivity contribution in [3.8, 4) is 0 Å². The predicted molar refractivity (Wildman–Crippen MR) is 128 cm³/mol. The normalized spacial score (nSPS) is 40.0. The lowest BCUT2D eigenvalue weighted by atomic mass is 9.43. The van der Waals surface area contributed by atoms with Crippen molar-refractivity contribution in [2.45, 2.75) is 103 Å². The van der Waals surface area contributed by atoms with E-state index in [2.05, 4.69) is 19.2 Å². The number of Topliss-reactive ketones (excluding diaryl/α,β-unsaturated/α-hetero) is 1. The van der Waals surface area contributed by atoms with Gasteiger partial charge in [0.15, 0.2) is 5.78 Å². The lowest BCUT2D eigenvalue weighted by Crippen LogP contribution is -2.63. The minimum Gasteiger partial charge on any atom is -0.313 e. The van der Waals surface area contributed by atoms with E-state index in [-0.39, 0.29) is 47.1 Å². The number of carbonyl (C=O) groups is 3. The molecule has 6 fully saturated rings. The first-order valence-electron chi connectivity index (χ1n) is 13.5. The number of hydrogen-bond acceptors (Lipinski definition) is 4. The molecular formula is C27H43N3O3. The van der Waals surface area contributed by atoms with E-state index >= 15 is 0 Å². The zero-order valence-corrected chi connectivity index (χ0v) is 21.1. The summed E-state index contributed by atoms with van der Waals surface area (Å²) in [6.45, 7) is 7.40. The van der Waals surface area contributed by atoms with Gasteiger partial charge >= 0.3 is 6.03 Å². The molecule has 1 N–H and O–H groups in total. The summed E-state index contributed by atoms with van der Waals surface area (Å²) in [6.07, 6.45) is 12.9. The highest BCUT2D eigenvalue weighted by molar-refractivity contribution is 6.09. The molecule has 4 aliphatic carbocycles. The van der Waals surface area contributed by atoms with E-state index < -0.39 is 5.54 Å². The highest BCUT2D eigenvalue weighted by atomic mass is 16.2. The van der Waals surface area contributed by atoms with Crippen LogP contribution < -0.4 is 5.32 Å². The van der Waals surface area contributed by atoms with Crippen LogP contribution in [0.5, 0.6) is 0 Å². The number of nitrogens with one attached hydrogen (secondary N) is 1. The highest BCUT2D eigenvalue weighted by Crippen LogP contribution is 2.64. The fraction of sp³-hybridized carbons (Fsp3) is 0.889. The molecule has 6 nitrogen and oxygen atoms in total. The number of carbonyl (C=O) groups excluding carboxylic acids is 3. The molecule has 6 aliphatic rings. The van der Waals surface area contributed by atoms with Crippen LogP contribution >= 0.6 is 0 Å². The molecule has 2 saturated heterocycles. The smallest absolute Gasteiger partial charge is 0.313 e. The number of nitrogens with zero attached hydrogens (tertiary/aromatic N) is 2. The lowest BCUT2D eigenvalue weighted by Gasteiger charge is -2.63. The quantitative estimate of drug-likeness (QED) is 0.637. The maximum absolute atomic E-state index is 13.7. The van der Waals surface area contributed by atoms with Crippen LogP contribution in [0.15, 0.2) is 0 Å². The van der Waals surface area contributed by atoms with Gasteiger partial charge in [-0.1, -0.05) is 46.0 Å². The second-order valence-corrected chi connectivity index (χ2v) is 12.8. The van der Waals surface area contributed by atoms with Crippen LogP contribution in [0.1, 0.15) is 91.4 Å². The van der Waals surface area contributed by atoms with E-state index in [0.29, 0.717) is 5.92 Å². The summed E-state index contributed by atoms with van der Waals surface area (Å²) in [7, 11) is 1.76. The fourth-order valence-electron chi connectivity index (χ4n) is 8.36. The number of ketones is 1. The second kappa shape index (κ2) is 8.07. The van der Waals surface area contributed by atoms with Gasteiger partial charge in [0.2, 0.25) is 0 Å². The molecule has 5 atom stereocenters. The predicted octanol–water partition coefficient (Wildman–Crippen LogP) is 4.37. The molecule has 2 unspecified atom stereocenters. The summed E-state index contributed by atoms with van der Waals surface area (Å²) in [5.41, 5.74) is -0.382. The van der Waals surface area contributed by atoms with E-state index in [4.69, 9.17) is 0 Å². The van der Waals surface area contributed by atoms with Crippen molar-refractivity contribution in [1.82, 2.24) is 15.1 Å². The van der Waals surface area contributed by atoms with Gasteiger partial charge in [0.1, 0.15) is 5.54 Å². The standard InChI is InChI=1S/C27H43N3O3/c1-25(2)18-10-11-19(20(25)14-18)26(3)23(32)30(24(33)29(26)4)16-22(31)21-15-27(17-28-21)12-8-6-5-7-9-13-27/h18-21,28H,5-17H2,1-4H3/t18-,19-,20-,21?,26?/m0/s1. The lowest BCUT2D eigenvalue weighted by molar-refractivity contribution is -0.157. The molecule has 184 valence electrons. The molecule has 3 amide bonds. The molecule has 4 saturated carbocycles. The first-order valence-corrected chi connectivity index (χ1v) is 13.5. The molecular weight excluding hydrogens is 414 g/mol. The Kier molecular flexibility index (Phi) is 5.70. The third-order valence-corrected chi connectivity index (χ3v) is 11.0. The molecule has 2 heterocycles. The van der Waals surface area contributed by atoms with Crippen LogP contribution in [0.3, 0.4) is 0 Å². The highest BCUT2D eigenvalue weighted by Gasteiger charge is 2.65. The third kappa shape index (κ3) is 3.49. The van der Waals surface area contributed by atoms with Gasteiger partial charge in [-0.15, -0.1) is 0 Å². The van der Waals surface area contributed by atoms with Gasteiger partial charge in [-0.3, -0.25) is 14.5 Å². The van der Waals surface area contributed by atoms with Crippen molar-refractivity contribution >= 4 is 17.7 Å². The van der Waals surface area contributed by atoms with Gasteiger partial charge in [-0.2, -0.15) is 0 Å². The van der Waals surface area contributed by atoms with Crippen LogP contribution in [-0.4, -0.2) is 59.2 Å². The monoisotopic (exact) mass is 457 g/mol. The summed E-state index contributed by atoms with van der Waals surface area (Å²) < 4.78 is 0. The van der Waals surface area contributed by atoms with Gasteiger partial charge in [0, 0.05) is 13.6 Å². The first kappa shape index (κ1) is 23.3. The largest absolute Gasteiger partial charge is 0.327 e. The Balaban J connectivity index is 1.28. The van der Waals surface area contributed by atoms with E-state index in [1.54, 1.807) is 11.9 Å².